The molecule has 1 fully saturated rings. The van der Waals surface area contributed by atoms with E-state index in [9.17, 15) is 9.59 Å². The van der Waals surface area contributed by atoms with Crippen molar-refractivity contribution in [3.8, 4) is 0 Å². The summed E-state index contributed by atoms with van der Waals surface area (Å²) in [5, 5.41) is 3.04. The molecule has 0 aliphatic heterocycles. The molecule has 0 unspecified atom stereocenters. The van der Waals surface area contributed by atoms with Gasteiger partial charge in [-0.05, 0) is 49.4 Å². The number of carbonyl (C=O) groups is 2. The summed E-state index contributed by atoms with van der Waals surface area (Å²) < 4.78 is 0. The van der Waals surface area contributed by atoms with Crippen LogP contribution >= 0.6 is 0 Å². The van der Waals surface area contributed by atoms with Gasteiger partial charge in [-0.15, -0.1) is 0 Å². The van der Waals surface area contributed by atoms with Crippen molar-refractivity contribution in [1.29, 1.82) is 0 Å². The zero-order valence-corrected chi connectivity index (χ0v) is 19.0. The van der Waals surface area contributed by atoms with Crippen LogP contribution in [0, 0.1) is 11.8 Å². The van der Waals surface area contributed by atoms with Crippen LogP contribution in [0.1, 0.15) is 45.1 Å². The monoisotopic (exact) mass is 403 g/mol. The van der Waals surface area contributed by atoms with E-state index in [1.807, 2.05) is 37.2 Å². The quantitative estimate of drug-likeness (QED) is 0.594. The van der Waals surface area contributed by atoms with E-state index in [1.54, 1.807) is 0 Å². The second kappa shape index (κ2) is 10.6. The number of likely N-dealkylation sites (N-methyl/N-ethyl adjacent to an activating group) is 1. The molecule has 1 aliphatic carbocycles. The Morgan fingerprint density at radius 2 is 1.83 bits per heavy atom. The molecule has 1 aromatic rings. The first-order valence-electron chi connectivity index (χ1n) is 11.0. The number of hydrogen-bond acceptors (Lipinski definition) is 3. The average Bonchev–Trinajstić information content (AvgIpc) is 3.51. The van der Waals surface area contributed by atoms with Crippen LogP contribution in [0.5, 0.6) is 0 Å². The molecule has 2 rings (SSSR count). The molecule has 6 nitrogen and oxygen atoms in total. The van der Waals surface area contributed by atoms with E-state index in [0.29, 0.717) is 6.54 Å². The van der Waals surface area contributed by atoms with Crippen LogP contribution in [0.2, 0.25) is 0 Å². The summed E-state index contributed by atoms with van der Waals surface area (Å²) in [5.74, 6) is 0.568. The third-order valence-electron chi connectivity index (χ3n) is 5.67. The van der Waals surface area contributed by atoms with E-state index in [-0.39, 0.29) is 23.7 Å². The summed E-state index contributed by atoms with van der Waals surface area (Å²) in [4.78, 5) is 30.8. The van der Waals surface area contributed by atoms with Crippen LogP contribution < -0.4 is 15.1 Å². The van der Waals surface area contributed by atoms with E-state index in [0.717, 1.165) is 55.7 Å². The maximum Gasteiger partial charge on any atom is 0.227 e. The van der Waals surface area contributed by atoms with Crippen molar-refractivity contribution in [3.63, 3.8) is 0 Å². The number of quaternary nitrogens is 1. The number of rotatable bonds is 11. The molecule has 6 heteroatoms. The van der Waals surface area contributed by atoms with Crippen molar-refractivity contribution < 1.29 is 14.5 Å². The summed E-state index contributed by atoms with van der Waals surface area (Å²) >= 11 is 0. The normalized spacial score (nSPS) is 13.7. The minimum Gasteiger partial charge on any atom is -0.377 e. The van der Waals surface area contributed by atoms with Gasteiger partial charge in [0.05, 0.1) is 27.2 Å². The van der Waals surface area contributed by atoms with E-state index >= 15 is 0 Å². The average molecular weight is 404 g/mol. The number of nitrogens with one attached hydrogen (secondary N) is 2. The maximum atomic E-state index is 13.2. The van der Waals surface area contributed by atoms with E-state index in [2.05, 4.69) is 38.2 Å². The fourth-order valence-electron chi connectivity index (χ4n) is 3.54. The number of hydrogen-bond donors (Lipinski definition) is 2. The number of benzene rings is 1. The Hall–Kier alpha value is -2.08. The van der Waals surface area contributed by atoms with Crippen molar-refractivity contribution in [2.45, 2.75) is 46.1 Å². The maximum absolute atomic E-state index is 13.2. The minimum absolute atomic E-state index is 0.0627. The van der Waals surface area contributed by atoms with Crippen molar-refractivity contribution in [2.75, 3.05) is 51.5 Å². The van der Waals surface area contributed by atoms with Crippen LogP contribution in [-0.2, 0) is 16.1 Å². The lowest BCUT2D eigenvalue weighted by molar-refractivity contribution is -0.857. The number of nitrogens with zero attached hydrogens (tertiary/aromatic N) is 2. The van der Waals surface area contributed by atoms with Gasteiger partial charge in [-0.2, -0.15) is 0 Å². The Morgan fingerprint density at radius 3 is 2.34 bits per heavy atom. The highest BCUT2D eigenvalue weighted by atomic mass is 16.2. The summed E-state index contributed by atoms with van der Waals surface area (Å²) in [5.41, 5.74) is 2.96. The zero-order chi connectivity index (χ0) is 21.6. The molecule has 1 aliphatic rings. The smallest absolute Gasteiger partial charge is 0.227 e. The molecule has 0 radical (unpaired) electrons. The fourth-order valence-corrected chi connectivity index (χ4v) is 3.54. The lowest BCUT2D eigenvalue weighted by Crippen LogP contribution is -3.06. The molecule has 1 aromatic carbocycles. The number of amides is 2. The molecule has 0 spiro atoms. The molecule has 0 heterocycles. The second-order valence-electron chi connectivity index (χ2n) is 8.73. The van der Waals surface area contributed by atoms with Crippen LogP contribution in [0.15, 0.2) is 18.2 Å². The van der Waals surface area contributed by atoms with E-state index in [1.165, 1.54) is 4.90 Å². The highest BCUT2D eigenvalue weighted by molar-refractivity contribution is 5.94. The minimum atomic E-state index is 0.0627. The Labute approximate surface area is 176 Å². The highest BCUT2D eigenvalue weighted by Crippen LogP contribution is 2.31. The molecule has 162 valence electrons. The molecule has 0 aromatic heterocycles. The van der Waals surface area contributed by atoms with Gasteiger partial charge in [-0.25, -0.2) is 0 Å². The van der Waals surface area contributed by atoms with Gasteiger partial charge < -0.3 is 20.0 Å². The van der Waals surface area contributed by atoms with Crippen molar-refractivity contribution in [3.05, 3.63) is 23.8 Å². The first-order valence-corrected chi connectivity index (χ1v) is 11.0. The lowest BCUT2D eigenvalue weighted by atomic mass is 10.0. The molecule has 0 atom stereocenters. The molecule has 2 N–H and O–H groups in total. The molecule has 2 amide bonds. The fraction of sp³-hybridized carbons (Fsp3) is 0.652. The molecule has 1 saturated carbocycles. The van der Waals surface area contributed by atoms with Crippen LogP contribution in [0.25, 0.3) is 0 Å². The van der Waals surface area contributed by atoms with Gasteiger partial charge in [-0.3, -0.25) is 9.59 Å². The van der Waals surface area contributed by atoms with Gasteiger partial charge in [0.1, 0.15) is 0 Å². The van der Waals surface area contributed by atoms with Gasteiger partial charge in [-0.1, -0.05) is 13.8 Å². The van der Waals surface area contributed by atoms with Crippen LogP contribution in [-0.4, -0.2) is 58.0 Å². The first kappa shape index (κ1) is 23.2. The van der Waals surface area contributed by atoms with Gasteiger partial charge in [0.2, 0.25) is 11.8 Å². The van der Waals surface area contributed by atoms with Crippen molar-refractivity contribution in [1.82, 2.24) is 4.90 Å². The Morgan fingerprint density at radius 1 is 1.17 bits per heavy atom. The third-order valence-corrected chi connectivity index (χ3v) is 5.67. The third kappa shape index (κ3) is 6.74. The molecule has 0 bridgehead atoms. The summed E-state index contributed by atoms with van der Waals surface area (Å²) in [6.45, 7) is 6.36. The molecular formula is C23H39N4O2+. The Bertz CT molecular complexity index is 694. The summed E-state index contributed by atoms with van der Waals surface area (Å²) in [6.07, 6.45) is 3.69. The van der Waals surface area contributed by atoms with Gasteiger partial charge in [0.25, 0.3) is 0 Å². The highest BCUT2D eigenvalue weighted by Gasteiger charge is 2.30. The zero-order valence-electron chi connectivity index (χ0n) is 19.0. The number of anilines is 2. The first-order chi connectivity index (χ1) is 13.8. The molecular weight excluding hydrogens is 364 g/mol. The lowest BCUT2D eigenvalue weighted by Gasteiger charge is -2.29. The van der Waals surface area contributed by atoms with Gasteiger partial charge in [0, 0.05) is 43.9 Å². The Balaban J connectivity index is 2.27. The standard InChI is InChI=1S/C23H38N4O2/c1-7-17(8-2)23(29)27(14-13-25(3)4)16-19-15-20(11-12-21(19)26(5)6)24-22(28)18-9-10-18/h11-12,15,17-18H,7-10,13-14,16H2,1-6H3,(H,24,28)/p+1. The summed E-state index contributed by atoms with van der Waals surface area (Å²) in [7, 11) is 8.24. The second-order valence-corrected chi connectivity index (χ2v) is 8.73. The molecule has 0 saturated heterocycles. The van der Waals surface area contributed by atoms with Crippen molar-refractivity contribution >= 4 is 23.2 Å². The van der Waals surface area contributed by atoms with E-state index < -0.39 is 0 Å². The van der Waals surface area contributed by atoms with Gasteiger partial charge >= 0.3 is 0 Å². The molecule has 29 heavy (non-hydrogen) atoms. The van der Waals surface area contributed by atoms with Crippen molar-refractivity contribution in [2.24, 2.45) is 11.8 Å². The Kier molecular flexibility index (Phi) is 8.50. The van der Waals surface area contributed by atoms with Gasteiger partial charge in [0.15, 0.2) is 0 Å². The SMILES string of the molecule is CCC(CC)C(=O)N(CC[NH+](C)C)Cc1cc(NC(=O)C2CC2)ccc1N(C)C. The van der Waals surface area contributed by atoms with Crippen LogP contribution in [0.3, 0.4) is 0 Å². The topological polar surface area (TPSA) is 57.1 Å². The summed E-state index contributed by atoms with van der Waals surface area (Å²) in [6, 6.07) is 6.02. The van der Waals surface area contributed by atoms with E-state index in [4.69, 9.17) is 0 Å². The number of carbonyl (C=O) groups excluding carboxylic acids is 2. The largest absolute Gasteiger partial charge is 0.377 e. The predicted octanol–water partition coefficient (Wildman–Crippen LogP) is 2.01. The van der Waals surface area contributed by atoms with Crippen LogP contribution in [0.4, 0.5) is 11.4 Å². The predicted molar refractivity (Wildman–Crippen MR) is 119 cm³/mol.